The highest BCUT2D eigenvalue weighted by atomic mass is 16.6. The van der Waals surface area contributed by atoms with Crippen molar-refractivity contribution in [2.45, 2.75) is 25.5 Å². The first kappa shape index (κ1) is 16.6. The van der Waals surface area contributed by atoms with E-state index >= 15 is 0 Å². The fourth-order valence-electron chi connectivity index (χ4n) is 3.18. The van der Waals surface area contributed by atoms with Gasteiger partial charge in [-0.15, -0.1) is 0 Å². The number of nitrogens with zero attached hydrogens (tertiary/aromatic N) is 6. The molecule has 0 aromatic carbocycles. The molecule has 9 nitrogen and oxygen atoms in total. The Balaban J connectivity index is 1.46. The van der Waals surface area contributed by atoms with Gasteiger partial charge in [0.05, 0.1) is 11.5 Å². The van der Waals surface area contributed by atoms with E-state index in [-0.39, 0.29) is 11.6 Å². The van der Waals surface area contributed by atoms with Gasteiger partial charge in [-0.25, -0.2) is 4.98 Å². The van der Waals surface area contributed by atoms with Gasteiger partial charge >= 0.3 is 5.69 Å². The van der Waals surface area contributed by atoms with Crippen LogP contribution in [-0.4, -0.2) is 53.9 Å². The van der Waals surface area contributed by atoms with Crippen LogP contribution in [0.3, 0.4) is 0 Å². The third-order valence-corrected chi connectivity index (χ3v) is 4.68. The Morgan fingerprint density at radius 1 is 1.42 bits per heavy atom. The molecule has 2 aromatic heterocycles. The van der Waals surface area contributed by atoms with Crippen molar-refractivity contribution >= 4 is 5.69 Å². The van der Waals surface area contributed by atoms with Crippen molar-refractivity contribution in [2.24, 2.45) is 13.0 Å². The second-order valence-corrected chi connectivity index (χ2v) is 6.24. The summed E-state index contributed by atoms with van der Waals surface area (Å²) in [6.45, 7) is 3.22. The standard InChI is InChI=1S/C15H22N6O3/c1-18-7-4-16-15(18)14(22)12-2-5-19(6-3-12)8-9-20-11-13(10-17-20)21(23)24/h4,7,10-12,14,22H,2-3,5-6,8-9H2,1H3. The molecule has 0 spiro atoms. The van der Waals surface area contributed by atoms with Crippen molar-refractivity contribution in [3.05, 3.63) is 40.7 Å². The summed E-state index contributed by atoms with van der Waals surface area (Å²) in [7, 11) is 1.89. The molecule has 0 bridgehead atoms. The van der Waals surface area contributed by atoms with Gasteiger partial charge in [0, 0.05) is 26.0 Å². The van der Waals surface area contributed by atoms with Crippen molar-refractivity contribution in [1.82, 2.24) is 24.2 Å². The average molecular weight is 334 g/mol. The van der Waals surface area contributed by atoms with E-state index in [4.69, 9.17) is 0 Å². The van der Waals surface area contributed by atoms with Crippen molar-refractivity contribution in [1.29, 1.82) is 0 Å². The van der Waals surface area contributed by atoms with E-state index in [1.807, 2.05) is 17.8 Å². The van der Waals surface area contributed by atoms with Gasteiger partial charge in [0.15, 0.2) is 0 Å². The zero-order chi connectivity index (χ0) is 17.1. The summed E-state index contributed by atoms with van der Waals surface area (Å²) in [4.78, 5) is 16.8. The lowest BCUT2D eigenvalue weighted by molar-refractivity contribution is -0.385. The van der Waals surface area contributed by atoms with Gasteiger partial charge in [-0.3, -0.25) is 14.8 Å². The van der Waals surface area contributed by atoms with Crippen molar-refractivity contribution in [3.63, 3.8) is 0 Å². The lowest BCUT2D eigenvalue weighted by Crippen LogP contribution is -2.37. The predicted molar refractivity (Wildman–Crippen MR) is 86.2 cm³/mol. The lowest BCUT2D eigenvalue weighted by Gasteiger charge is -2.33. The molecule has 0 saturated carbocycles. The molecule has 1 atom stereocenters. The van der Waals surface area contributed by atoms with Gasteiger partial charge in [-0.2, -0.15) is 5.10 Å². The third-order valence-electron chi connectivity index (χ3n) is 4.68. The van der Waals surface area contributed by atoms with Crippen molar-refractivity contribution in [2.75, 3.05) is 19.6 Å². The SMILES string of the molecule is Cn1ccnc1C(O)C1CCN(CCn2cc([N+](=O)[O-])cn2)CC1. The molecule has 1 unspecified atom stereocenters. The summed E-state index contributed by atoms with van der Waals surface area (Å²) >= 11 is 0. The number of likely N-dealkylation sites (tertiary alicyclic amines) is 1. The number of aromatic nitrogens is 4. The number of hydrogen-bond donors (Lipinski definition) is 1. The van der Waals surface area contributed by atoms with Crippen molar-refractivity contribution < 1.29 is 10.0 Å². The van der Waals surface area contributed by atoms with Gasteiger partial charge in [-0.1, -0.05) is 0 Å². The Hall–Kier alpha value is -2.26. The molecule has 3 heterocycles. The number of piperidine rings is 1. The molecule has 0 amide bonds. The molecule has 1 saturated heterocycles. The van der Waals surface area contributed by atoms with E-state index < -0.39 is 11.0 Å². The van der Waals surface area contributed by atoms with E-state index in [0.717, 1.165) is 38.3 Å². The fourth-order valence-corrected chi connectivity index (χ4v) is 3.18. The van der Waals surface area contributed by atoms with Gasteiger partial charge in [0.25, 0.3) is 0 Å². The summed E-state index contributed by atoms with van der Waals surface area (Å²) in [5, 5.41) is 25.1. The number of aliphatic hydroxyl groups is 1. The van der Waals surface area contributed by atoms with Crippen LogP contribution >= 0.6 is 0 Å². The maximum atomic E-state index is 10.7. The minimum atomic E-state index is -0.527. The second-order valence-electron chi connectivity index (χ2n) is 6.24. The highest BCUT2D eigenvalue weighted by Gasteiger charge is 2.28. The highest BCUT2D eigenvalue weighted by molar-refractivity contribution is 5.20. The first-order chi connectivity index (χ1) is 11.5. The Morgan fingerprint density at radius 3 is 2.75 bits per heavy atom. The summed E-state index contributed by atoms with van der Waals surface area (Å²) in [6.07, 6.45) is 7.57. The topological polar surface area (TPSA) is 102 Å². The Bertz CT molecular complexity index is 689. The molecule has 9 heteroatoms. The van der Waals surface area contributed by atoms with Crippen LogP contribution in [0.2, 0.25) is 0 Å². The maximum absolute atomic E-state index is 10.7. The van der Waals surface area contributed by atoms with Gasteiger partial charge in [0.1, 0.15) is 24.3 Å². The highest BCUT2D eigenvalue weighted by Crippen LogP contribution is 2.29. The van der Waals surface area contributed by atoms with Crippen LogP contribution in [0.15, 0.2) is 24.8 Å². The molecular formula is C15H22N6O3. The molecule has 1 aliphatic rings. The van der Waals surface area contributed by atoms with E-state index in [1.54, 1.807) is 10.9 Å². The lowest BCUT2D eigenvalue weighted by atomic mass is 9.91. The molecule has 1 aliphatic heterocycles. The zero-order valence-corrected chi connectivity index (χ0v) is 13.7. The number of aliphatic hydroxyl groups excluding tert-OH is 1. The molecule has 2 aromatic rings. The first-order valence-corrected chi connectivity index (χ1v) is 8.09. The number of rotatable bonds is 6. The number of aryl methyl sites for hydroxylation is 1. The minimum Gasteiger partial charge on any atom is -0.385 e. The van der Waals surface area contributed by atoms with Gasteiger partial charge < -0.3 is 14.6 Å². The fraction of sp³-hybridized carbons (Fsp3) is 0.600. The Labute approximate surface area is 139 Å². The molecular weight excluding hydrogens is 312 g/mol. The van der Waals surface area contributed by atoms with E-state index in [2.05, 4.69) is 15.0 Å². The monoisotopic (exact) mass is 334 g/mol. The van der Waals surface area contributed by atoms with Gasteiger partial charge in [0.2, 0.25) is 0 Å². The smallest absolute Gasteiger partial charge is 0.306 e. The summed E-state index contributed by atoms with van der Waals surface area (Å²) in [5.41, 5.74) is 0.0203. The first-order valence-electron chi connectivity index (χ1n) is 8.09. The van der Waals surface area contributed by atoms with Crippen LogP contribution in [0.25, 0.3) is 0 Å². The minimum absolute atomic E-state index is 0.0203. The van der Waals surface area contributed by atoms with Crippen LogP contribution < -0.4 is 0 Å². The summed E-state index contributed by atoms with van der Waals surface area (Å²) < 4.78 is 3.47. The van der Waals surface area contributed by atoms with Crippen molar-refractivity contribution in [3.8, 4) is 0 Å². The molecule has 1 fully saturated rings. The normalized spacial score (nSPS) is 17.9. The largest absolute Gasteiger partial charge is 0.385 e. The zero-order valence-electron chi connectivity index (χ0n) is 13.7. The van der Waals surface area contributed by atoms with Crippen LogP contribution in [0, 0.1) is 16.0 Å². The number of hydrogen-bond acceptors (Lipinski definition) is 6. The van der Waals surface area contributed by atoms with Crippen LogP contribution in [0.1, 0.15) is 24.8 Å². The summed E-state index contributed by atoms with van der Waals surface area (Å²) in [6, 6.07) is 0. The Morgan fingerprint density at radius 2 is 2.17 bits per heavy atom. The maximum Gasteiger partial charge on any atom is 0.306 e. The average Bonchev–Trinajstić information content (AvgIpc) is 3.22. The second kappa shape index (κ2) is 7.10. The molecule has 3 rings (SSSR count). The van der Waals surface area contributed by atoms with Crippen LogP contribution in [0.5, 0.6) is 0 Å². The summed E-state index contributed by atoms with van der Waals surface area (Å²) in [5.74, 6) is 0.936. The molecule has 24 heavy (non-hydrogen) atoms. The van der Waals surface area contributed by atoms with E-state index in [1.165, 1.54) is 12.4 Å². The van der Waals surface area contributed by atoms with Crippen LogP contribution in [-0.2, 0) is 13.6 Å². The van der Waals surface area contributed by atoms with E-state index in [0.29, 0.717) is 6.54 Å². The molecule has 0 radical (unpaired) electrons. The molecule has 130 valence electrons. The molecule has 0 aliphatic carbocycles. The predicted octanol–water partition coefficient (Wildman–Crippen LogP) is 0.970. The quantitative estimate of drug-likeness (QED) is 0.624. The third kappa shape index (κ3) is 3.62. The number of nitro groups is 1. The van der Waals surface area contributed by atoms with E-state index in [9.17, 15) is 15.2 Å². The molecule has 1 N–H and O–H groups in total. The number of imidazole rings is 1. The van der Waals surface area contributed by atoms with Gasteiger partial charge in [-0.05, 0) is 31.8 Å². The van der Waals surface area contributed by atoms with Crippen LogP contribution in [0.4, 0.5) is 5.69 Å². The Kier molecular flexibility index (Phi) is 4.91.